The molecule has 2 fully saturated rings. The number of rotatable bonds is 3. The van der Waals surface area contributed by atoms with Crippen LogP contribution in [0.15, 0.2) is 29.2 Å². The lowest BCUT2D eigenvalue weighted by molar-refractivity contribution is 0.127. The quantitative estimate of drug-likeness (QED) is 0.931. The summed E-state index contributed by atoms with van der Waals surface area (Å²) in [6, 6.07) is 4.93. The first-order chi connectivity index (χ1) is 9.65. The minimum atomic E-state index is -3.61. The Morgan fingerprint density at radius 3 is 2.33 bits per heavy atom. The van der Waals surface area contributed by atoms with Gasteiger partial charge in [-0.25, -0.2) is 17.5 Å². The average molecular weight is 311 g/mol. The van der Waals surface area contributed by atoms with Gasteiger partial charge in [0.15, 0.2) is 0 Å². The van der Waals surface area contributed by atoms with E-state index in [1.165, 1.54) is 30.7 Å². The molecule has 0 saturated heterocycles. The molecule has 2 bridgehead atoms. The van der Waals surface area contributed by atoms with Crippen LogP contribution in [0.4, 0.5) is 4.39 Å². The fraction of sp³-hybridized carbons (Fsp3) is 0.625. The van der Waals surface area contributed by atoms with Crippen LogP contribution in [-0.2, 0) is 10.0 Å². The highest BCUT2D eigenvalue weighted by atomic mass is 32.2. The first-order valence-corrected chi connectivity index (χ1v) is 8.91. The molecule has 21 heavy (non-hydrogen) atoms. The maximum atomic E-state index is 13.0. The zero-order valence-corrected chi connectivity index (χ0v) is 13.5. The van der Waals surface area contributed by atoms with E-state index in [4.69, 9.17) is 0 Å². The highest BCUT2D eigenvalue weighted by Gasteiger charge is 2.60. The van der Waals surface area contributed by atoms with Crippen molar-refractivity contribution in [3.63, 3.8) is 0 Å². The van der Waals surface area contributed by atoms with Crippen molar-refractivity contribution in [1.82, 2.24) is 4.72 Å². The predicted molar refractivity (Wildman–Crippen MR) is 79.7 cm³/mol. The van der Waals surface area contributed by atoms with Crippen LogP contribution in [0.25, 0.3) is 0 Å². The van der Waals surface area contributed by atoms with E-state index in [0.29, 0.717) is 5.92 Å². The number of halogens is 1. The second kappa shape index (κ2) is 4.53. The van der Waals surface area contributed by atoms with Crippen LogP contribution in [0.1, 0.15) is 40.0 Å². The number of benzene rings is 1. The molecule has 1 aromatic carbocycles. The molecule has 116 valence electrons. The minimum Gasteiger partial charge on any atom is -0.207 e. The van der Waals surface area contributed by atoms with E-state index in [1.54, 1.807) is 0 Å². The molecule has 3 atom stereocenters. The van der Waals surface area contributed by atoms with Gasteiger partial charge in [-0.2, -0.15) is 0 Å². The van der Waals surface area contributed by atoms with Gasteiger partial charge in [-0.1, -0.05) is 20.8 Å². The standard InChI is InChI=1S/C16H22FNO2S/c1-15(2)11-8-9-16(3,10-11)14(15)18-21(19,20)13-6-4-12(17)5-7-13/h4-7,11,14,18H,8-10H2,1-3H3/t11-,14+,16+/m1/s1. The molecule has 0 radical (unpaired) electrons. The topological polar surface area (TPSA) is 46.2 Å². The van der Waals surface area contributed by atoms with E-state index < -0.39 is 15.8 Å². The molecule has 2 saturated carbocycles. The van der Waals surface area contributed by atoms with Crippen LogP contribution in [-0.4, -0.2) is 14.5 Å². The number of nitrogens with one attached hydrogen (secondary N) is 1. The summed E-state index contributed by atoms with van der Waals surface area (Å²) < 4.78 is 41.0. The van der Waals surface area contributed by atoms with E-state index in [9.17, 15) is 12.8 Å². The molecule has 2 aliphatic rings. The van der Waals surface area contributed by atoms with Crippen molar-refractivity contribution >= 4 is 10.0 Å². The second-order valence-corrected chi connectivity index (χ2v) is 9.14. The normalized spacial score (nSPS) is 34.3. The fourth-order valence-electron chi connectivity index (χ4n) is 4.43. The third-order valence-electron chi connectivity index (χ3n) is 5.67. The lowest BCUT2D eigenvalue weighted by Gasteiger charge is -2.42. The van der Waals surface area contributed by atoms with E-state index in [2.05, 4.69) is 25.5 Å². The summed E-state index contributed by atoms with van der Waals surface area (Å²) in [5.41, 5.74) is -0.0125. The predicted octanol–water partition coefficient (Wildman–Crippen LogP) is 3.32. The molecule has 0 amide bonds. The van der Waals surface area contributed by atoms with Gasteiger partial charge in [-0.05, 0) is 60.3 Å². The van der Waals surface area contributed by atoms with Crippen molar-refractivity contribution in [2.24, 2.45) is 16.7 Å². The molecule has 0 aliphatic heterocycles. The van der Waals surface area contributed by atoms with E-state index in [1.807, 2.05) is 0 Å². The number of hydrogen-bond donors (Lipinski definition) is 1. The van der Waals surface area contributed by atoms with Gasteiger partial charge in [0.1, 0.15) is 5.82 Å². The molecule has 3 rings (SSSR count). The average Bonchev–Trinajstić information content (AvgIpc) is 2.87. The van der Waals surface area contributed by atoms with Crippen molar-refractivity contribution in [2.75, 3.05) is 0 Å². The lowest BCUT2D eigenvalue weighted by atomic mass is 9.69. The molecule has 0 aromatic heterocycles. The molecule has 2 aliphatic carbocycles. The summed E-state index contributed by atoms with van der Waals surface area (Å²) in [4.78, 5) is 0.131. The zero-order valence-electron chi connectivity index (χ0n) is 12.7. The van der Waals surface area contributed by atoms with Crippen LogP contribution < -0.4 is 4.72 Å². The molecule has 3 nitrogen and oxygen atoms in total. The van der Waals surface area contributed by atoms with Crippen molar-refractivity contribution in [3.8, 4) is 0 Å². The molecule has 0 heterocycles. The number of sulfonamides is 1. The van der Waals surface area contributed by atoms with E-state index in [-0.39, 0.29) is 21.8 Å². The Labute approximate surface area is 126 Å². The molecule has 1 N–H and O–H groups in total. The third-order valence-corrected chi connectivity index (χ3v) is 7.11. The highest BCUT2D eigenvalue weighted by molar-refractivity contribution is 7.89. The maximum absolute atomic E-state index is 13.0. The summed E-state index contributed by atoms with van der Waals surface area (Å²) >= 11 is 0. The SMILES string of the molecule is CC1(C)[C@@H]2CC[C@@](C)(C2)[C@H]1NS(=O)(=O)c1ccc(F)cc1. The van der Waals surface area contributed by atoms with Crippen molar-refractivity contribution in [3.05, 3.63) is 30.1 Å². The fourth-order valence-corrected chi connectivity index (χ4v) is 5.96. The second-order valence-electron chi connectivity index (χ2n) is 7.42. The largest absolute Gasteiger partial charge is 0.240 e. The summed E-state index contributed by atoms with van der Waals surface area (Å²) in [5, 5.41) is 0. The van der Waals surface area contributed by atoms with Crippen LogP contribution in [0.3, 0.4) is 0 Å². The Morgan fingerprint density at radius 1 is 1.19 bits per heavy atom. The summed E-state index contributed by atoms with van der Waals surface area (Å²) in [6.07, 6.45) is 3.33. The lowest BCUT2D eigenvalue weighted by Crippen LogP contribution is -2.52. The minimum absolute atomic E-state index is 0.0290. The Morgan fingerprint density at radius 2 is 1.81 bits per heavy atom. The van der Waals surface area contributed by atoms with Gasteiger partial charge in [0, 0.05) is 6.04 Å². The first kappa shape index (κ1) is 15.0. The van der Waals surface area contributed by atoms with E-state index in [0.717, 1.165) is 12.8 Å². The molecule has 1 aromatic rings. The Hall–Kier alpha value is -0.940. The first-order valence-electron chi connectivity index (χ1n) is 7.43. The molecule has 0 unspecified atom stereocenters. The van der Waals surface area contributed by atoms with Gasteiger partial charge in [0.25, 0.3) is 0 Å². The molecular formula is C16H22FNO2S. The Balaban J connectivity index is 1.91. The smallest absolute Gasteiger partial charge is 0.207 e. The van der Waals surface area contributed by atoms with Gasteiger partial charge < -0.3 is 0 Å². The van der Waals surface area contributed by atoms with E-state index >= 15 is 0 Å². The third kappa shape index (κ3) is 2.30. The highest BCUT2D eigenvalue weighted by Crippen LogP contribution is 2.62. The number of fused-ring (bicyclic) bond motifs is 2. The summed E-state index contributed by atoms with van der Waals surface area (Å²) in [5.74, 6) is 0.143. The maximum Gasteiger partial charge on any atom is 0.240 e. The van der Waals surface area contributed by atoms with Gasteiger partial charge >= 0.3 is 0 Å². The van der Waals surface area contributed by atoms with Gasteiger partial charge in [0.2, 0.25) is 10.0 Å². The Kier molecular flexibility index (Phi) is 3.23. The monoisotopic (exact) mass is 311 g/mol. The molecule has 0 spiro atoms. The van der Waals surface area contributed by atoms with Gasteiger partial charge in [-0.3, -0.25) is 0 Å². The summed E-state index contributed by atoms with van der Waals surface area (Å²) in [7, 11) is -3.61. The van der Waals surface area contributed by atoms with Crippen LogP contribution in [0.5, 0.6) is 0 Å². The van der Waals surface area contributed by atoms with Gasteiger partial charge in [-0.15, -0.1) is 0 Å². The Bertz CT molecular complexity index is 649. The van der Waals surface area contributed by atoms with Crippen LogP contribution >= 0.6 is 0 Å². The zero-order chi connectivity index (χ0) is 15.5. The molecular weight excluding hydrogens is 289 g/mol. The van der Waals surface area contributed by atoms with Crippen LogP contribution in [0.2, 0.25) is 0 Å². The van der Waals surface area contributed by atoms with Crippen molar-refractivity contribution < 1.29 is 12.8 Å². The van der Waals surface area contributed by atoms with Crippen LogP contribution in [0, 0.1) is 22.6 Å². The van der Waals surface area contributed by atoms with Crippen molar-refractivity contribution in [2.45, 2.75) is 51.0 Å². The number of hydrogen-bond acceptors (Lipinski definition) is 2. The molecule has 5 heteroatoms. The van der Waals surface area contributed by atoms with Crippen molar-refractivity contribution in [1.29, 1.82) is 0 Å². The van der Waals surface area contributed by atoms with Gasteiger partial charge in [0.05, 0.1) is 4.90 Å². The summed E-state index contributed by atoms with van der Waals surface area (Å²) in [6.45, 7) is 6.49.